The van der Waals surface area contributed by atoms with Gasteiger partial charge in [-0.05, 0) is 44.5 Å². The summed E-state index contributed by atoms with van der Waals surface area (Å²) in [5.74, 6) is -1.23. The predicted molar refractivity (Wildman–Crippen MR) is 95.5 cm³/mol. The van der Waals surface area contributed by atoms with E-state index in [4.69, 9.17) is 9.47 Å². The number of hydrogen-bond acceptors (Lipinski definition) is 6. The zero-order valence-corrected chi connectivity index (χ0v) is 15.4. The van der Waals surface area contributed by atoms with Crippen LogP contribution in [0.1, 0.15) is 38.1 Å². The van der Waals surface area contributed by atoms with E-state index >= 15 is 0 Å². The number of carbonyl (C=O) groups excluding carboxylic acids is 2. The highest BCUT2D eigenvalue weighted by Crippen LogP contribution is 2.33. The van der Waals surface area contributed by atoms with Gasteiger partial charge in [0.25, 0.3) is 0 Å². The molecule has 0 radical (unpaired) electrons. The molecule has 0 aliphatic carbocycles. The number of benzene rings is 1. The van der Waals surface area contributed by atoms with Gasteiger partial charge in [-0.3, -0.25) is 4.79 Å². The Labute approximate surface area is 149 Å². The minimum atomic E-state index is -0.594. The molecule has 2 aromatic rings. The number of esters is 1. The molecule has 7 heteroatoms. The molecule has 1 N–H and O–H groups in total. The number of methoxy groups -OCH3 is 1. The molecule has 0 aliphatic heterocycles. The van der Waals surface area contributed by atoms with E-state index in [0.29, 0.717) is 10.6 Å². The first-order chi connectivity index (χ1) is 11.9. The highest BCUT2D eigenvalue weighted by atomic mass is 32.1. The SMILES string of the molecule is CCOC(=O)c1c(NCC(=O)c2ccc(OC)c(F)c2)sc(C)c1C. The van der Waals surface area contributed by atoms with Crippen molar-refractivity contribution in [2.24, 2.45) is 0 Å². The summed E-state index contributed by atoms with van der Waals surface area (Å²) in [5.41, 5.74) is 1.50. The van der Waals surface area contributed by atoms with Gasteiger partial charge in [0.05, 0.1) is 25.8 Å². The Hall–Kier alpha value is -2.41. The van der Waals surface area contributed by atoms with Crippen molar-refractivity contribution in [1.82, 2.24) is 0 Å². The molecule has 134 valence electrons. The van der Waals surface area contributed by atoms with Crippen LogP contribution in [0.15, 0.2) is 18.2 Å². The van der Waals surface area contributed by atoms with Crippen LogP contribution in [0.5, 0.6) is 5.75 Å². The number of hydrogen-bond donors (Lipinski definition) is 1. The molecule has 0 saturated heterocycles. The van der Waals surface area contributed by atoms with Gasteiger partial charge in [-0.25, -0.2) is 9.18 Å². The summed E-state index contributed by atoms with van der Waals surface area (Å²) >= 11 is 1.38. The highest BCUT2D eigenvalue weighted by molar-refractivity contribution is 7.16. The van der Waals surface area contributed by atoms with Crippen molar-refractivity contribution in [3.05, 3.63) is 45.6 Å². The van der Waals surface area contributed by atoms with Gasteiger partial charge in [0.15, 0.2) is 17.3 Å². The second kappa shape index (κ2) is 8.11. The van der Waals surface area contributed by atoms with Crippen LogP contribution in [0.2, 0.25) is 0 Å². The highest BCUT2D eigenvalue weighted by Gasteiger charge is 2.21. The molecule has 0 aliphatic rings. The average Bonchev–Trinajstić information content (AvgIpc) is 2.87. The van der Waals surface area contributed by atoms with E-state index in [-0.39, 0.29) is 30.2 Å². The summed E-state index contributed by atoms with van der Waals surface area (Å²) in [5, 5.41) is 3.55. The summed E-state index contributed by atoms with van der Waals surface area (Å²) in [4.78, 5) is 25.4. The van der Waals surface area contributed by atoms with Gasteiger partial charge >= 0.3 is 5.97 Å². The summed E-state index contributed by atoms with van der Waals surface area (Å²) < 4.78 is 23.6. The van der Waals surface area contributed by atoms with Crippen LogP contribution < -0.4 is 10.1 Å². The molecule has 25 heavy (non-hydrogen) atoms. The standard InChI is InChI=1S/C18H20FNO4S/c1-5-24-18(22)16-10(2)11(3)25-17(16)20-9-14(21)12-6-7-15(23-4)13(19)8-12/h6-8,20H,5,9H2,1-4H3. The lowest BCUT2D eigenvalue weighted by Crippen LogP contribution is -2.16. The number of ketones is 1. The second-order valence-electron chi connectivity index (χ2n) is 5.33. The molecule has 0 spiro atoms. The number of nitrogens with one attached hydrogen (secondary N) is 1. The number of aryl methyl sites for hydroxylation is 1. The Bertz CT molecular complexity index is 801. The third-order valence-electron chi connectivity index (χ3n) is 3.75. The lowest BCUT2D eigenvalue weighted by atomic mass is 10.1. The van der Waals surface area contributed by atoms with E-state index < -0.39 is 11.8 Å². The Morgan fingerprint density at radius 2 is 2.00 bits per heavy atom. The van der Waals surface area contributed by atoms with Crippen molar-refractivity contribution < 1.29 is 23.5 Å². The molecule has 0 bridgehead atoms. The Balaban J connectivity index is 2.16. The Morgan fingerprint density at radius 3 is 2.60 bits per heavy atom. The third kappa shape index (κ3) is 4.17. The van der Waals surface area contributed by atoms with Gasteiger partial charge in [0.2, 0.25) is 0 Å². The summed E-state index contributed by atoms with van der Waals surface area (Å²) in [6, 6.07) is 4.05. The largest absolute Gasteiger partial charge is 0.494 e. The third-order valence-corrected chi connectivity index (χ3v) is 4.91. The van der Waals surface area contributed by atoms with E-state index in [9.17, 15) is 14.0 Å². The summed E-state index contributed by atoms with van der Waals surface area (Å²) in [7, 11) is 1.36. The fourth-order valence-electron chi connectivity index (χ4n) is 2.30. The van der Waals surface area contributed by atoms with Gasteiger partial charge in [0, 0.05) is 10.4 Å². The van der Waals surface area contributed by atoms with Crippen molar-refractivity contribution in [2.45, 2.75) is 20.8 Å². The first kappa shape index (κ1) is 18.9. The van der Waals surface area contributed by atoms with Gasteiger partial charge in [-0.1, -0.05) is 0 Å². The lowest BCUT2D eigenvalue weighted by Gasteiger charge is -2.08. The van der Waals surface area contributed by atoms with E-state index in [0.717, 1.165) is 16.5 Å². The van der Waals surface area contributed by atoms with Crippen LogP contribution in [0.4, 0.5) is 9.39 Å². The van der Waals surface area contributed by atoms with E-state index in [2.05, 4.69) is 5.32 Å². The first-order valence-corrected chi connectivity index (χ1v) is 8.58. The summed E-state index contributed by atoms with van der Waals surface area (Å²) in [6.45, 7) is 5.69. The maximum Gasteiger partial charge on any atom is 0.341 e. The molecule has 0 unspecified atom stereocenters. The van der Waals surface area contributed by atoms with Gasteiger partial charge in [-0.2, -0.15) is 0 Å². The minimum absolute atomic E-state index is 0.0580. The van der Waals surface area contributed by atoms with Gasteiger partial charge in [-0.15, -0.1) is 11.3 Å². The van der Waals surface area contributed by atoms with E-state index in [1.807, 2.05) is 13.8 Å². The van der Waals surface area contributed by atoms with E-state index in [1.165, 1.54) is 30.6 Å². The Kier molecular flexibility index (Phi) is 6.14. The Morgan fingerprint density at radius 1 is 1.28 bits per heavy atom. The maximum atomic E-state index is 13.7. The van der Waals surface area contributed by atoms with Crippen molar-refractivity contribution in [1.29, 1.82) is 0 Å². The van der Waals surface area contributed by atoms with Crippen molar-refractivity contribution in [3.8, 4) is 5.75 Å². The molecule has 0 saturated carbocycles. The van der Waals surface area contributed by atoms with Gasteiger partial charge < -0.3 is 14.8 Å². The molecular weight excluding hydrogens is 345 g/mol. The number of halogens is 1. The molecule has 0 atom stereocenters. The molecule has 1 aromatic carbocycles. The lowest BCUT2D eigenvalue weighted by molar-refractivity contribution is 0.0527. The second-order valence-corrected chi connectivity index (χ2v) is 6.56. The molecule has 0 amide bonds. The smallest absolute Gasteiger partial charge is 0.341 e. The fourth-order valence-corrected chi connectivity index (χ4v) is 3.35. The molecule has 0 fully saturated rings. The van der Waals surface area contributed by atoms with Crippen molar-refractivity contribution in [2.75, 3.05) is 25.6 Å². The quantitative estimate of drug-likeness (QED) is 0.594. The number of Topliss-reactive ketones (excluding diaryl/α,β-unsaturated/α-hetero) is 1. The number of carbonyl (C=O) groups is 2. The predicted octanol–water partition coefficient (Wildman–Crippen LogP) is 3.98. The van der Waals surface area contributed by atoms with Crippen LogP contribution in [0.25, 0.3) is 0 Å². The van der Waals surface area contributed by atoms with Crippen LogP contribution in [-0.4, -0.2) is 32.0 Å². The van der Waals surface area contributed by atoms with Crippen LogP contribution >= 0.6 is 11.3 Å². The molecule has 1 heterocycles. The van der Waals surface area contributed by atoms with Crippen LogP contribution in [-0.2, 0) is 4.74 Å². The molecule has 5 nitrogen and oxygen atoms in total. The number of anilines is 1. The molecule has 1 aromatic heterocycles. The van der Waals surface area contributed by atoms with Crippen LogP contribution in [0, 0.1) is 19.7 Å². The molecule has 2 rings (SSSR count). The monoisotopic (exact) mass is 365 g/mol. The van der Waals surface area contributed by atoms with E-state index in [1.54, 1.807) is 6.92 Å². The number of rotatable bonds is 7. The van der Waals surface area contributed by atoms with Crippen molar-refractivity contribution >= 4 is 28.1 Å². The first-order valence-electron chi connectivity index (χ1n) is 7.76. The van der Waals surface area contributed by atoms with Crippen molar-refractivity contribution in [3.63, 3.8) is 0 Å². The zero-order chi connectivity index (χ0) is 18.6. The zero-order valence-electron chi connectivity index (χ0n) is 14.6. The minimum Gasteiger partial charge on any atom is -0.494 e. The summed E-state index contributed by atoms with van der Waals surface area (Å²) in [6.07, 6.45) is 0. The van der Waals surface area contributed by atoms with Crippen LogP contribution in [0.3, 0.4) is 0 Å². The normalized spacial score (nSPS) is 10.4. The maximum absolute atomic E-state index is 13.7. The average molecular weight is 365 g/mol. The molecular formula is C18H20FNO4S. The van der Waals surface area contributed by atoms with Gasteiger partial charge in [0.1, 0.15) is 5.00 Å². The fraction of sp³-hybridized carbons (Fsp3) is 0.333. The topological polar surface area (TPSA) is 64.6 Å². The number of ether oxygens (including phenoxy) is 2. The number of thiophene rings is 1.